The molecule has 136 valence electrons. The predicted octanol–water partition coefficient (Wildman–Crippen LogP) is 3.20. The molecule has 0 aliphatic heterocycles. The van der Waals surface area contributed by atoms with E-state index in [1.165, 1.54) is 0 Å². The average molecular weight is 385 g/mol. The van der Waals surface area contributed by atoms with Crippen LogP contribution in [0.2, 0.25) is 0 Å². The van der Waals surface area contributed by atoms with Gasteiger partial charge in [-0.3, -0.25) is 30.3 Å². The molecule has 0 aliphatic rings. The molecule has 0 radical (unpaired) electrons. The summed E-state index contributed by atoms with van der Waals surface area (Å²) >= 11 is 1.14. The number of carbonyl (C=O) groups is 1. The number of rotatable bonds is 6. The van der Waals surface area contributed by atoms with Gasteiger partial charge in [-0.15, -0.1) is 10.2 Å². The Morgan fingerprint density at radius 1 is 1.04 bits per heavy atom. The lowest BCUT2D eigenvalue weighted by atomic mass is 10.1. The fraction of sp³-hybridized carbons (Fsp3) is 0.0625. The van der Waals surface area contributed by atoms with E-state index in [9.17, 15) is 25.0 Å². The first kappa shape index (κ1) is 18.1. The van der Waals surface area contributed by atoms with Crippen molar-refractivity contribution < 1.29 is 14.6 Å². The third kappa shape index (κ3) is 4.27. The first-order valence-corrected chi connectivity index (χ1v) is 8.36. The van der Waals surface area contributed by atoms with Crippen molar-refractivity contribution in [2.45, 2.75) is 6.42 Å². The highest BCUT2D eigenvalue weighted by Crippen LogP contribution is 2.26. The van der Waals surface area contributed by atoms with E-state index in [1.807, 2.05) is 30.3 Å². The third-order valence-electron chi connectivity index (χ3n) is 3.52. The standard InChI is InChI=1S/C16H11N5O5S/c22-15(12-7-6-11(20(23)24)9-13(12)21(25)26)17-16-19-18-14(27-16)8-10-4-2-1-3-5-10/h1-7,9H,8H2,(H,17,19,22). The second-order valence-corrected chi connectivity index (χ2v) is 6.40. The second kappa shape index (κ2) is 7.66. The number of nitrogens with zero attached hydrogens (tertiary/aromatic N) is 4. The predicted molar refractivity (Wildman–Crippen MR) is 96.9 cm³/mol. The van der Waals surface area contributed by atoms with Crippen molar-refractivity contribution in [1.29, 1.82) is 0 Å². The lowest BCUT2D eigenvalue weighted by Crippen LogP contribution is -2.14. The van der Waals surface area contributed by atoms with E-state index < -0.39 is 27.1 Å². The van der Waals surface area contributed by atoms with E-state index in [0.29, 0.717) is 11.4 Å². The van der Waals surface area contributed by atoms with Crippen molar-refractivity contribution in [2.75, 3.05) is 5.32 Å². The Balaban J connectivity index is 1.78. The largest absolute Gasteiger partial charge is 0.296 e. The molecule has 11 heteroatoms. The normalized spacial score (nSPS) is 10.4. The summed E-state index contributed by atoms with van der Waals surface area (Å²) in [4.78, 5) is 32.6. The van der Waals surface area contributed by atoms with Gasteiger partial charge in [-0.05, 0) is 11.6 Å². The zero-order chi connectivity index (χ0) is 19.4. The summed E-state index contributed by atoms with van der Waals surface area (Å²) in [6, 6.07) is 12.4. The highest BCUT2D eigenvalue weighted by atomic mass is 32.1. The number of non-ortho nitro benzene ring substituents is 1. The van der Waals surface area contributed by atoms with Gasteiger partial charge < -0.3 is 0 Å². The minimum atomic E-state index is -0.844. The number of hydrogen-bond acceptors (Lipinski definition) is 8. The molecular formula is C16H11N5O5S. The first-order chi connectivity index (χ1) is 12.9. The molecule has 1 N–H and O–H groups in total. The van der Waals surface area contributed by atoms with Crippen LogP contribution in [-0.2, 0) is 6.42 Å². The van der Waals surface area contributed by atoms with Crippen LogP contribution in [0.25, 0.3) is 0 Å². The van der Waals surface area contributed by atoms with Gasteiger partial charge in [0.15, 0.2) is 0 Å². The molecule has 0 saturated heterocycles. The number of carbonyl (C=O) groups excluding carboxylic acids is 1. The third-order valence-corrected chi connectivity index (χ3v) is 4.36. The van der Waals surface area contributed by atoms with Crippen molar-refractivity contribution >= 4 is 33.8 Å². The molecule has 0 saturated carbocycles. The molecule has 1 heterocycles. The van der Waals surface area contributed by atoms with Gasteiger partial charge in [-0.2, -0.15) is 0 Å². The highest BCUT2D eigenvalue weighted by Gasteiger charge is 2.24. The number of benzene rings is 2. The molecule has 3 aromatic rings. The van der Waals surface area contributed by atoms with E-state index >= 15 is 0 Å². The van der Waals surface area contributed by atoms with Gasteiger partial charge in [-0.25, -0.2) is 0 Å². The lowest BCUT2D eigenvalue weighted by Gasteiger charge is -2.02. The maximum Gasteiger partial charge on any atom is 0.289 e. The Bertz CT molecular complexity index is 1020. The van der Waals surface area contributed by atoms with Crippen LogP contribution in [-0.4, -0.2) is 26.0 Å². The maximum atomic E-state index is 12.3. The maximum absolute atomic E-state index is 12.3. The highest BCUT2D eigenvalue weighted by molar-refractivity contribution is 7.15. The first-order valence-electron chi connectivity index (χ1n) is 7.54. The van der Waals surface area contributed by atoms with Crippen molar-refractivity contribution in [3.8, 4) is 0 Å². The number of amides is 1. The molecule has 1 aromatic heterocycles. The number of nitro groups is 2. The molecule has 1 amide bonds. The van der Waals surface area contributed by atoms with Gasteiger partial charge in [0.1, 0.15) is 10.6 Å². The van der Waals surface area contributed by atoms with Crippen LogP contribution < -0.4 is 5.32 Å². The summed E-state index contributed by atoms with van der Waals surface area (Å²) in [7, 11) is 0. The summed E-state index contributed by atoms with van der Waals surface area (Å²) < 4.78 is 0. The Hall–Kier alpha value is -3.73. The van der Waals surface area contributed by atoms with Gasteiger partial charge in [-0.1, -0.05) is 41.7 Å². The van der Waals surface area contributed by atoms with Crippen LogP contribution in [0.3, 0.4) is 0 Å². The number of nitro benzene ring substituents is 2. The van der Waals surface area contributed by atoms with Crippen LogP contribution in [0, 0.1) is 20.2 Å². The number of hydrogen-bond donors (Lipinski definition) is 1. The molecule has 2 aromatic carbocycles. The molecule has 0 fully saturated rings. The van der Waals surface area contributed by atoms with Gasteiger partial charge in [0.25, 0.3) is 17.3 Å². The van der Waals surface area contributed by atoms with E-state index in [-0.39, 0.29) is 10.7 Å². The SMILES string of the molecule is O=C(Nc1nnc(Cc2ccccc2)s1)c1ccc([N+](=O)[O-])cc1[N+](=O)[O-]. The summed E-state index contributed by atoms with van der Waals surface area (Å²) in [6.45, 7) is 0. The van der Waals surface area contributed by atoms with Gasteiger partial charge in [0, 0.05) is 12.5 Å². The van der Waals surface area contributed by atoms with Gasteiger partial charge in [0.2, 0.25) is 5.13 Å². The van der Waals surface area contributed by atoms with Gasteiger partial charge >= 0.3 is 0 Å². The lowest BCUT2D eigenvalue weighted by molar-refractivity contribution is -0.394. The van der Waals surface area contributed by atoms with Crippen molar-refractivity contribution in [3.05, 3.63) is 84.9 Å². The average Bonchev–Trinajstić information content (AvgIpc) is 3.08. The number of anilines is 1. The van der Waals surface area contributed by atoms with Crippen LogP contribution in [0.1, 0.15) is 20.9 Å². The minimum Gasteiger partial charge on any atom is -0.296 e. The van der Waals surface area contributed by atoms with Crippen molar-refractivity contribution in [2.24, 2.45) is 0 Å². The zero-order valence-corrected chi connectivity index (χ0v) is 14.4. The zero-order valence-electron chi connectivity index (χ0n) is 13.6. The molecule has 0 aliphatic carbocycles. The van der Waals surface area contributed by atoms with E-state index in [2.05, 4.69) is 15.5 Å². The molecule has 27 heavy (non-hydrogen) atoms. The molecule has 10 nitrogen and oxygen atoms in total. The molecule has 3 rings (SSSR count). The number of aromatic nitrogens is 2. The van der Waals surface area contributed by atoms with Crippen LogP contribution in [0.15, 0.2) is 48.5 Å². The monoisotopic (exact) mass is 385 g/mol. The molecule has 0 unspecified atom stereocenters. The Labute approximate surface area is 155 Å². The number of nitrogens with one attached hydrogen (secondary N) is 1. The second-order valence-electron chi connectivity index (χ2n) is 5.33. The summed E-state index contributed by atoms with van der Waals surface area (Å²) in [6.07, 6.45) is 0.534. The van der Waals surface area contributed by atoms with Gasteiger partial charge in [0.05, 0.1) is 15.9 Å². The van der Waals surface area contributed by atoms with Crippen LogP contribution in [0.5, 0.6) is 0 Å². The minimum absolute atomic E-state index is 0.179. The molecule has 0 spiro atoms. The van der Waals surface area contributed by atoms with Crippen molar-refractivity contribution in [3.63, 3.8) is 0 Å². The summed E-state index contributed by atoms with van der Waals surface area (Å²) in [5.41, 5.74) is -0.405. The fourth-order valence-corrected chi connectivity index (χ4v) is 3.06. The fourth-order valence-electron chi connectivity index (χ4n) is 2.29. The topological polar surface area (TPSA) is 141 Å². The smallest absolute Gasteiger partial charge is 0.289 e. The molecule has 0 atom stereocenters. The summed E-state index contributed by atoms with van der Waals surface area (Å²) in [5, 5.41) is 33.0. The van der Waals surface area contributed by atoms with E-state index in [4.69, 9.17) is 0 Å². The Morgan fingerprint density at radius 3 is 2.44 bits per heavy atom. The van der Waals surface area contributed by atoms with E-state index in [1.54, 1.807) is 0 Å². The molecule has 0 bridgehead atoms. The Kier molecular flexibility index (Phi) is 5.13. The quantitative estimate of drug-likeness (QED) is 0.507. The van der Waals surface area contributed by atoms with Crippen LogP contribution in [0.4, 0.5) is 16.5 Å². The molecular weight excluding hydrogens is 374 g/mol. The Morgan fingerprint density at radius 2 is 1.78 bits per heavy atom. The van der Waals surface area contributed by atoms with Crippen molar-refractivity contribution in [1.82, 2.24) is 10.2 Å². The summed E-state index contributed by atoms with van der Waals surface area (Å²) in [5.74, 6) is -0.793. The van der Waals surface area contributed by atoms with E-state index in [0.717, 1.165) is 35.1 Å². The van der Waals surface area contributed by atoms with Crippen LogP contribution >= 0.6 is 11.3 Å².